The van der Waals surface area contributed by atoms with Crippen molar-refractivity contribution in [3.8, 4) is 0 Å². The fourth-order valence-corrected chi connectivity index (χ4v) is 1.10. The smallest absolute Gasteiger partial charge is 0.258 e. The van der Waals surface area contributed by atoms with Crippen LogP contribution in [-0.2, 0) is 6.42 Å². The average Bonchev–Trinajstić information content (AvgIpc) is 2.03. The molecule has 0 bridgehead atoms. The summed E-state index contributed by atoms with van der Waals surface area (Å²) in [6, 6.07) is 4.90. The topological polar surface area (TPSA) is 43.1 Å². The maximum Gasteiger partial charge on any atom is 0.272 e. The van der Waals surface area contributed by atoms with Crippen molar-refractivity contribution in [3.05, 3.63) is 46.4 Å². The summed E-state index contributed by atoms with van der Waals surface area (Å²) in [5.74, 6) is 0. The molecule has 1 radical (unpaired) electrons. The van der Waals surface area contributed by atoms with Crippen LogP contribution in [0.15, 0.2) is 18.2 Å². The predicted octanol–water partition coefficient (Wildman–Crippen LogP) is 2.34. The quantitative estimate of drug-likeness (QED) is 0.497. The zero-order valence-electron chi connectivity index (χ0n) is 6.91. The van der Waals surface area contributed by atoms with E-state index in [2.05, 4.69) is 6.92 Å². The Labute approximate surface area is 71.2 Å². The van der Waals surface area contributed by atoms with Gasteiger partial charge in [-0.15, -0.1) is 0 Å². The summed E-state index contributed by atoms with van der Waals surface area (Å²) >= 11 is 0. The first-order valence-electron chi connectivity index (χ1n) is 3.74. The average molecular weight is 164 g/mol. The van der Waals surface area contributed by atoms with Crippen LogP contribution in [0.25, 0.3) is 0 Å². The molecule has 0 spiro atoms. The van der Waals surface area contributed by atoms with Gasteiger partial charge in [0.1, 0.15) is 0 Å². The van der Waals surface area contributed by atoms with Crippen LogP contribution in [0, 0.1) is 17.0 Å². The van der Waals surface area contributed by atoms with Gasteiger partial charge < -0.3 is 0 Å². The number of nitro benzene ring substituents is 1. The van der Waals surface area contributed by atoms with Crippen molar-refractivity contribution >= 4 is 5.69 Å². The Balaban J connectivity index is 3.20. The van der Waals surface area contributed by atoms with E-state index >= 15 is 0 Å². The fraction of sp³-hybridized carbons (Fsp3) is 0.222. The first-order valence-corrected chi connectivity index (χ1v) is 3.74. The largest absolute Gasteiger partial charge is 0.272 e. The summed E-state index contributed by atoms with van der Waals surface area (Å²) in [6.45, 7) is 5.60. The SMILES string of the molecule is [CH2]c1ccc([N+](=O)[O-])c(CC)c1. The standard InChI is InChI=1S/C9H10NO2/c1-3-8-6-7(2)4-5-9(8)10(11)12/h4-6H,2-3H2,1H3. The third kappa shape index (κ3) is 1.61. The second-order valence-electron chi connectivity index (χ2n) is 2.57. The fourth-order valence-electron chi connectivity index (χ4n) is 1.10. The molecule has 0 aliphatic carbocycles. The maximum atomic E-state index is 10.5. The zero-order chi connectivity index (χ0) is 9.14. The van der Waals surface area contributed by atoms with E-state index in [1.165, 1.54) is 6.07 Å². The Morgan fingerprint density at radius 1 is 1.58 bits per heavy atom. The maximum absolute atomic E-state index is 10.5. The van der Waals surface area contributed by atoms with Gasteiger partial charge in [0.05, 0.1) is 4.92 Å². The van der Waals surface area contributed by atoms with Crippen molar-refractivity contribution in [1.29, 1.82) is 0 Å². The lowest BCUT2D eigenvalue weighted by Crippen LogP contribution is -1.94. The van der Waals surface area contributed by atoms with Gasteiger partial charge in [-0.1, -0.05) is 13.0 Å². The molecule has 0 aliphatic rings. The molecular formula is C9H10NO2. The zero-order valence-corrected chi connectivity index (χ0v) is 6.91. The normalized spacial score (nSPS) is 9.83. The Hall–Kier alpha value is -1.38. The summed E-state index contributed by atoms with van der Waals surface area (Å²) in [4.78, 5) is 10.1. The monoisotopic (exact) mass is 164 g/mol. The molecule has 0 atom stereocenters. The first kappa shape index (κ1) is 8.71. The lowest BCUT2D eigenvalue weighted by Gasteiger charge is -1.99. The Kier molecular flexibility index (Phi) is 2.43. The molecule has 1 rings (SSSR count). The van der Waals surface area contributed by atoms with E-state index in [1.807, 2.05) is 6.92 Å². The van der Waals surface area contributed by atoms with Crippen LogP contribution >= 0.6 is 0 Å². The summed E-state index contributed by atoms with van der Waals surface area (Å²) in [6.07, 6.45) is 0.666. The molecule has 0 fully saturated rings. The lowest BCUT2D eigenvalue weighted by atomic mass is 10.1. The number of rotatable bonds is 2. The molecule has 12 heavy (non-hydrogen) atoms. The lowest BCUT2D eigenvalue weighted by molar-refractivity contribution is -0.385. The molecule has 0 aromatic heterocycles. The predicted molar refractivity (Wildman–Crippen MR) is 46.9 cm³/mol. The van der Waals surface area contributed by atoms with Gasteiger partial charge in [-0.3, -0.25) is 10.1 Å². The van der Waals surface area contributed by atoms with Crippen LogP contribution in [0.5, 0.6) is 0 Å². The molecule has 0 unspecified atom stereocenters. The van der Waals surface area contributed by atoms with Crippen molar-refractivity contribution in [2.75, 3.05) is 0 Å². The number of benzene rings is 1. The molecule has 3 nitrogen and oxygen atoms in total. The summed E-state index contributed by atoms with van der Waals surface area (Å²) in [5.41, 5.74) is 1.75. The third-order valence-electron chi connectivity index (χ3n) is 1.72. The molecule has 0 saturated heterocycles. The molecule has 0 heterocycles. The molecule has 1 aromatic rings. The van der Waals surface area contributed by atoms with Gasteiger partial charge in [0.15, 0.2) is 0 Å². The number of nitrogens with zero attached hydrogens (tertiary/aromatic N) is 1. The van der Waals surface area contributed by atoms with Gasteiger partial charge in [0.2, 0.25) is 0 Å². The number of hydrogen-bond acceptors (Lipinski definition) is 2. The van der Waals surface area contributed by atoms with E-state index in [0.29, 0.717) is 6.42 Å². The summed E-state index contributed by atoms with van der Waals surface area (Å²) in [7, 11) is 0. The minimum absolute atomic E-state index is 0.185. The second-order valence-corrected chi connectivity index (χ2v) is 2.57. The molecule has 1 aromatic carbocycles. The number of nitro groups is 1. The van der Waals surface area contributed by atoms with Gasteiger partial charge >= 0.3 is 0 Å². The van der Waals surface area contributed by atoms with Crippen molar-refractivity contribution in [2.45, 2.75) is 13.3 Å². The van der Waals surface area contributed by atoms with Crippen LogP contribution in [-0.4, -0.2) is 4.92 Å². The highest BCUT2D eigenvalue weighted by atomic mass is 16.6. The van der Waals surface area contributed by atoms with Crippen LogP contribution in [0.4, 0.5) is 5.69 Å². The molecule has 0 N–H and O–H groups in total. The van der Waals surface area contributed by atoms with Crippen molar-refractivity contribution in [3.63, 3.8) is 0 Å². The third-order valence-corrected chi connectivity index (χ3v) is 1.72. The van der Waals surface area contributed by atoms with E-state index in [9.17, 15) is 10.1 Å². The molecule has 3 heteroatoms. The van der Waals surface area contributed by atoms with Gasteiger partial charge in [-0.2, -0.15) is 0 Å². The van der Waals surface area contributed by atoms with Crippen LogP contribution < -0.4 is 0 Å². The Morgan fingerprint density at radius 2 is 2.25 bits per heavy atom. The summed E-state index contributed by atoms with van der Waals surface area (Å²) in [5, 5.41) is 10.5. The minimum Gasteiger partial charge on any atom is -0.258 e. The second kappa shape index (κ2) is 3.34. The van der Waals surface area contributed by atoms with Crippen molar-refractivity contribution < 1.29 is 4.92 Å². The van der Waals surface area contributed by atoms with Gasteiger partial charge in [-0.25, -0.2) is 0 Å². The van der Waals surface area contributed by atoms with Crippen molar-refractivity contribution in [2.24, 2.45) is 0 Å². The minimum atomic E-state index is -0.363. The molecule has 0 saturated carbocycles. The molecular weight excluding hydrogens is 154 g/mol. The van der Waals surface area contributed by atoms with E-state index in [1.54, 1.807) is 12.1 Å². The number of aryl methyl sites for hydroxylation is 1. The van der Waals surface area contributed by atoms with E-state index in [4.69, 9.17) is 0 Å². The molecule has 63 valence electrons. The van der Waals surface area contributed by atoms with Crippen molar-refractivity contribution in [1.82, 2.24) is 0 Å². The Morgan fingerprint density at radius 3 is 2.75 bits per heavy atom. The van der Waals surface area contributed by atoms with Crippen LogP contribution in [0.1, 0.15) is 18.1 Å². The van der Waals surface area contributed by atoms with Gasteiger partial charge in [0.25, 0.3) is 5.69 Å². The Bertz CT molecular complexity index is 307. The molecule has 0 aliphatic heterocycles. The highest BCUT2D eigenvalue weighted by Crippen LogP contribution is 2.19. The van der Waals surface area contributed by atoms with Gasteiger partial charge in [-0.05, 0) is 25.0 Å². The van der Waals surface area contributed by atoms with Crippen LogP contribution in [0.3, 0.4) is 0 Å². The van der Waals surface area contributed by atoms with E-state index < -0.39 is 0 Å². The first-order chi connectivity index (χ1) is 5.65. The van der Waals surface area contributed by atoms with E-state index in [0.717, 1.165) is 11.1 Å². The van der Waals surface area contributed by atoms with E-state index in [-0.39, 0.29) is 10.6 Å². The highest BCUT2D eigenvalue weighted by molar-refractivity contribution is 5.43. The van der Waals surface area contributed by atoms with Gasteiger partial charge in [0, 0.05) is 11.6 Å². The molecule has 0 amide bonds. The highest BCUT2D eigenvalue weighted by Gasteiger charge is 2.10. The summed E-state index contributed by atoms with van der Waals surface area (Å²) < 4.78 is 0. The number of hydrogen-bond donors (Lipinski definition) is 0. The van der Waals surface area contributed by atoms with Crippen LogP contribution in [0.2, 0.25) is 0 Å².